The minimum absolute atomic E-state index is 0.00601. The van der Waals surface area contributed by atoms with Gasteiger partial charge in [0, 0.05) is 36.8 Å². The molecule has 5 heteroatoms. The summed E-state index contributed by atoms with van der Waals surface area (Å²) < 4.78 is 0.539. The van der Waals surface area contributed by atoms with Gasteiger partial charge in [0.15, 0.2) is 0 Å². The van der Waals surface area contributed by atoms with Crippen LogP contribution in [-0.2, 0) is 17.8 Å². The van der Waals surface area contributed by atoms with Gasteiger partial charge in [0.05, 0.1) is 11.0 Å². The maximum absolute atomic E-state index is 12.3. The van der Waals surface area contributed by atoms with E-state index in [9.17, 15) is 9.59 Å². The minimum Gasteiger partial charge on any atom is -0.363 e. The van der Waals surface area contributed by atoms with Crippen LogP contribution >= 0.6 is 15.9 Å². The molecule has 0 aromatic carbocycles. The molecule has 1 aliphatic carbocycles. The van der Waals surface area contributed by atoms with Gasteiger partial charge < -0.3 is 9.88 Å². The molecular weight excluding hydrogens is 320 g/mol. The Kier molecular flexibility index (Phi) is 3.71. The number of hydrogen-bond acceptors (Lipinski definition) is 2. The Labute approximate surface area is 126 Å². The predicted octanol–water partition coefficient (Wildman–Crippen LogP) is 2.46. The second-order valence-electron chi connectivity index (χ2n) is 6.01. The van der Waals surface area contributed by atoms with Crippen molar-refractivity contribution in [3.8, 4) is 0 Å². The van der Waals surface area contributed by atoms with Crippen LogP contribution in [0.4, 0.5) is 0 Å². The highest BCUT2D eigenvalue weighted by molar-refractivity contribution is 9.10. The van der Waals surface area contributed by atoms with Gasteiger partial charge in [-0.15, -0.1) is 0 Å². The lowest BCUT2D eigenvalue weighted by molar-refractivity contribution is -0.133. The number of carbonyl (C=O) groups excluding carboxylic acids is 1. The molecule has 1 N–H and O–H groups in total. The number of halogens is 1. The summed E-state index contributed by atoms with van der Waals surface area (Å²) in [5.74, 6) is 1.41. The van der Waals surface area contributed by atoms with Crippen molar-refractivity contribution in [2.45, 2.75) is 39.2 Å². The van der Waals surface area contributed by atoms with E-state index in [1.807, 2.05) is 4.90 Å². The van der Waals surface area contributed by atoms with Gasteiger partial charge >= 0.3 is 0 Å². The molecule has 0 saturated heterocycles. The van der Waals surface area contributed by atoms with Crippen molar-refractivity contribution in [1.29, 1.82) is 0 Å². The molecule has 0 spiro atoms. The van der Waals surface area contributed by atoms with E-state index in [-0.39, 0.29) is 11.3 Å². The number of nitrogens with zero attached hydrogens (tertiary/aromatic N) is 1. The van der Waals surface area contributed by atoms with Crippen LogP contribution in [0.15, 0.2) is 15.5 Å². The average Bonchev–Trinajstić information content (AvgIpc) is 3.27. The number of nitrogens with one attached hydrogen (secondary N) is 1. The fourth-order valence-electron chi connectivity index (χ4n) is 2.94. The largest absolute Gasteiger partial charge is 0.363 e. The molecule has 1 fully saturated rings. The topological polar surface area (TPSA) is 53.2 Å². The van der Waals surface area contributed by atoms with Crippen LogP contribution in [0.3, 0.4) is 0 Å². The SMILES string of the molecule is CC(CC(=O)N1CCc2[nH]cc(Br)c(=O)c2C1)C1CC1. The van der Waals surface area contributed by atoms with Gasteiger partial charge in [-0.2, -0.15) is 0 Å². The zero-order chi connectivity index (χ0) is 14.3. The molecule has 1 amide bonds. The number of hydrogen-bond donors (Lipinski definition) is 1. The molecule has 0 radical (unpaired) electrons. The lowest BCUT2D eigenvalue weighted by Crippen LogP contribution is -2.39. The standard InChI is InChI=1S/C15H19BrN2O2/c1-9(10-2-3-10)6-14(19)18-5-4-13-11(8-18)15(20)12(16)7-17-13/h7,9-10H,2-6,8H2,1H3,(H,17,20). The van der Waals surface area contributed by atoms with Crippen molar-refractivity contribution < 1.29 is 4.79 Å². The fourth-order valence-corrected chi connectivity index (χ4v) is 3.29. The summed E-state index contributed by atoms with van der Waals surface area (Å²) in [6, 6.07) is 0. The summed E-state index contributed by atoms with van der Waals surface area (Å²) >= 11 is 3.25. The first-order chi connectivity index (χ1) is 9.56. The summed E-state index contributed by atoms with van der Waals surface area (Å²) in [7, 11) is 0. The van der Waals surface area contributed by atoms with Crippen molar-refractivity contribution in [1.82, 2.24) is 9.88 Å². The molecule has 3 rings (SSSR count). The third kappa shape index (κ3) is 2.68. The smallest absolute Gasteiger partial charge is 0.223 e. The van der Waals surface area contributed by atoms with Gasteiger partial charge in [-0.05, 0) is 40.6 Å². The van der Waals surface area contributed by atoms with Crippen LogP contribution in [0, 0.1) is 11.8 Å². The first kappa shape index (κ1) is 13.9. The normalized spacial score (nSPS) is 19.6. The zero-order valence-corrected chi connectivity index (χ0v) is 13.2. The molecule has 1 atom stereocenters. The first-order valence-corrected chi connectivity index (χ1v) is 8.02. The number of fused-ring (bicyclic) bond motifs is 1. The molecular formula is C15H19BrN2O2. The van der Waals surface area contributed by atoms with Gasteiger partial charge in [-0.1, -0.05) is 6.92 Å². The van der Waals surface area contributed by atoms with E-state index in [4.69, 9.17) is 0 Å². The van der Waals surface area contributed by atoms with Gasteiger partial charge in [-0.25, -0.2) is 0 Å². The summed E-state index contributed by atoms with van der Waals surface area (Å²) in [5, 5.41) is 0. The zero-order valence-electron chi connectivity index (χ0n) is 11.6. The molecule has 2 aliphatic rings. The van der Waals surface area contributed by atoms with E-state index in [2.05, 4.69) is 27.8 Å². The second-order valence-corrected chi connectivity index (χ2v) is 6.86. The van der Waals surface area contributed by atoms with Crippen LogP contribution in [0.5, 0.6) is 0 Å². The van der Waals surface area contributed by atoms with Crippen LogP contribution in [0.2, 0.25) is 0 Å². The molecule has 1 aromatic heterocycles. The molecule has 108 valence electrons. The Morgan fingerprint density at radius 2 is 2.30 bits per heavy atom. The summed E-state index contributed by atoms with van der Waals surface area (Å²) in [4.78, 5) is 29.4. The van der Waals surface area contributed by atoms with Crippen LogP contribution in [0.25, 0.3) is 0 Å². The maximum Gasteiger partial charge on any atom is 0.223 e. The monoisotopic (exact) mass is 338 g/mol. The molecule has 4 nitrogen and oxygen atoms in total. The minimum atomic E-state index is 0.00601. The fraction of sp³-hybridized carbons (Fsp3) is 0.600. The quantitative estimate of drug-likeness (QED) is 0.920. The summed E-state index contributed by atoms with van der Waals surface area (Å²) in [6.45, 7) is 3.32. The molecule has 1 unspecified atom stereocenters. The van der Waals surface area contributed by atoms with E-state index in [1.54, 1.807) is 6.20 Å². The highest BCUT2D eigenvalue weighted by Crippen LogP contribution is 2.38. The van der Waals surface area contributed by atoms with Crippen molar-refractivity contribution in [2.75, 3.05) is 6.54 Å². The Bertz CT molecular complexity index is 592. The van der Waals surface area contributed by atoms with Crippen molar-refractivity contribution >= 4 is 21.8 Å². The third-order valence-corrected chi connectivity index (χ3v) is 5.07. The Morgan fingerprint density at radius 3 is 3.00 bits per heavy atom. The van der Waals surface area contributed by atoms with E-state index >= 15 is 0 Å². The number of aromatic amines is 1. The Hall–Kier alpha value is -1.10. The van der Waals surface area contributed by atoms with Crippen molar-refractivity contribution in [2.24, 2.45) is 11.8 Å². The first-order valence-electron chi connectivity index (χ1n) is 7.23. The van der Waals surface area contributed by atoms with E-state index in [0.29, 0.717) is 29.9 Å². The van der Waals surface area contributed by atoms with E-state index in [1.165, 1.54) is 12.8 Å². The molecule has 2 heterocycles. The lowest BCUT2D eigenvalue weighted by Gasteiger charge is -2.29. The van der Waals surface area contributed by atoms with Gasteiger partial charge in [0.1, 0.15) is 0 Å². The summed E-state index contributed by atoms with van der Waals surface area (Å²) in [6.07, 6.45) is 5.58. The molecule has 1 saturated carbocycles. The predicted molar refractivity (Wildman–Crippen MR) is 80.4 cm³/mol. The number of rotatable bonds is 3. The molecule has 1 aliphatic heterocycles. The molecule has 1 aromatic rings. The number of amides is 1. The van der Waals surface area contributed by atoms with Gasteiger partial charge in [0.25, 0.3) is 0 Å². The second kappa shape index (κ2) is 5.35. The molecule has 0 bridgehead atoms. The van der Waals surface area contributed by atoms with Crippen molar-refractivity contribution in [3.63, 3.8) is 0 Å². The van der Waals surface area contributed by atoms with Crippen molar-refractivity contribution in [3.05, 3.63) is 32.2 Å². The van der Waals surface area contributed by atoms with E-state index in [0.717, 1.165) is 23.6 Å². The number of pyridine rings is 1. The van der Waals surface area contributed by atoms with E-state index < -0.39 is 0 Å². The average molecular weight is 339 g/mol. The van der Waals surface area contributed by atoms with Crippen LogP contribution in [-0.4, -0.2) is 22.3 Å². The summed E-state index contributed by atoms with van der Waals surface area (Å²) in [5.41, 5.74) is 1.71. The Balaban J connectivity index is 1.72. The van der Waals surface area contributed by atoms with Gasteiger partial charge in [0.2, 0.25) is 11.3 Å². The number of H-pyrrole nitrogens is 1. The number of carbonyl (C=O) groups is 1. The number of aromatic nitrogens is 1. The lowest BCUT2D eigenvalue weighted by atomic mass is 9.99. The maximum atomic E-state index is 12.3. The highest BCUT2D eigenvalue weighted by atomic mass is 79.9. The van der Waals surface area contributed by atoms with Crippen LogP contribution < -0.4 is 5.43 Å². The third-order valence-electron chi connectivity index (χ3n) is 4.49. The van der Waals surface area contributed by atoms with Crippen LogP contribution in [0.1, 0.15) is 37.4 Å². The van der Waals surface area contributed by atoms with Gasteiger partial charge in [-0.3, -0.25) is 9.59 Å². The Morgan fingerprint density at radius 1 is 1.55 bits per heavy atom. The molecule has 20 heavy (non-hydrogen) atoms. The highest BCUT2D eigenvalue weighted by Gasteiger charge is 2.31.